The SMILES string of the molecule is Cc1[nH]ncc1CNc1ccc(N)c(C#N)n1. The molecule has 0 aromatic carbocycles. The minimum atomic E-state index is 0.235. The molecule has 0 unspecified atom stereocenters. The molecule has 0 bridgehead atoms. The van der Waals surface area contributed by atoms with Gasteiger partial charge in [-0.15, -0.1) is 0 Å². The number of nitrogens with two attached hydrogens (primary N) is 1. The van der Waals surface area contributed by atoms with Crippen molar-refractivity contribution in [2.75, 3.05) is 11.1 Å². The van der Waals surface area contributed by atoms with Gasteiger partial charge in [0.25, 0.3) is 0 Å². The van der Waals surface area contributed by atoms with Gasteiger partial charge in [-0.3, -0.25) is 5.10 Å². The molecule has 0 aliphatic heterocycles. The Morgan fingerprint density at radius 1 is 1.53 bits per heavy atom. The number of nitriles is 1. The van der Waals surface area contributed by atoms with Crippen LogP contribution in [0.4, 0.5) is 11.5 Å². The molecule has 0 spiro atoms. The van der Waals surface area contributed by atoms with E-state index >= 15 is 0 Å². The van der Waals surface area contributed by atoms with Gasteiger partial charge in [-0.25, -0.2) is 4.98 Å². The van der Waals surface area contributed by atoms with E-state index in [-0.39, 0.29) is 5.69 Å². The van der Waals surface area contributed by atoms with Crippen LogP contribution >= 0.6 is 0 Å². The highest BCUT2D eigenvalue weighted by molar-refractivity contribution is 5.54. The largest absolute Gasteiger partial charge is 0.396 e. The van der Waals surface area contributed by atoms with Gasteiger partial charge in [0.1, 0.15) is 11.9 Å². The van der Waals surface area contributed by atoms with Crippen molar-refractivity contribution >= 4 is 11.5 Å². The Kier molecular flexibility index (Phi) is 2.92. The molecule has 2 aromatic heterocycles. The quantitative estimate of drug-likeness (QED) is 0.731. The maximum atomic E-state index is 8.80. The fourth-order valence-corrected chi connectivity index (χ4v) is 1.40. The molecular weight excluding hydrogens is 216 g/mol. The van der Waals surface area contributed by atoms with Gasteiger partial charge >= 0.3 is 0 Å². The number of hydrogen-bond acceptors (Lipinski definition) is 5. The number of nitrogens with one attached hydrogen (secondary N) is 2. The Bertz CT molecular complexity index is 566. The summed E-state index contributed by atoms with van der Waals surface area (Å²) in [6.45, 7) is 2.55. The Balaban J connectivity index is 2.10. The van der Waals surface area contributed by atoms with Crippen molar-refractivity contribution in [3.05, 3.63) is 35.3 Å². The normalized spacial score (nSPS) is 9.88. The molecule has 86 valence electrons. The van der Waals surface area contributed by atoms with E-state index in [1.54, 1.807) is 18.3 Å². The minimum Gasteiger partial charge on any atom is -0.396 e. The lowest BCUT2D eigenvalue weighted by Crippen LogP contribution is -2.04. The van der Waals surface area contributed by atoms with Gasteiger partial charge in [0, 0.05) is 17.8 Å². The first-order valence-electron chi connectivity index (χ1n) is 5.10. The number of aromatic amines is 1. The average molecular weight is 228 g/mol. The third-order valence-corrected chi connectivity index (χ3v) is 2.43. The lowest BCUT2D eigenvalue weighted by molar-refractivity contribution is 1.04. The van der Waals surface area contributed by atoms with Crippen molar-refractivity contribution < 1.29 is 0 Å². The molecule has 0 fully saturated rings. The second-order valence-corrected chi connectivity index (χ2v) is 3.62. The highest BCUT2D eigenvalue weighted by Crippen LogP contribution is 2.13. The molecular formula is C11H12N6. The van der Waals surface area contributed by atoms with Crippen LogP contribution < -0.4 is 11.1 Å². The van der Waals surface area contributed by atoms with E-state index in [0.717, 1.165) is 11.3 Å². The van der Waals surface area contributed by atoms with Crippen LogP contribution in [-0.4, -0.2) is 15.2 Å². The first-order valence-corrected chi connectivity index (χ1v) is 5.10. The second-order valence-electron chi connectivity index (χ2n) is 3.62. The molecule has 0 amide bonds. The van der Waals surface area contributed by atoms with Crippen molar-refractivity contribution in [2.45, 2.75) is 13.5 Å². The van der Waals surface area contributed by atoms with E-state index in [0.29, 0.717) is 18.1 Å². The summed E-state index contributed by atoms with van der Waals surface area (Å²) in [4.78, 5) is 4.09. The van der Waals surface area contributed by atoms with Crippen molar-refractivity contribution in [3.63, 3.8) is 0 Å². The number of hydrogen-bond donors (Lipinski definition) is 3. The van der Waals surface area contributed by atoms with Gasteiger partial charge in [0.2, 0.25) is 0 Å². The molecule has 0 aliphatic carbocycles. The van der Waals surface area contributed by atoms with Crippen LogP contribution in [-0.2, 0) is 6.54 Å². The number of H-pyrrole nitrogens is 1. The topological polar surface area (TPSA) is 103 Å². The number of aromatic nitrogens is 3. The van der Waals surface area contributed by atoms with Gasteiger partial charge in [-0.1, -0.05) is 0 Å². The number of nitrogen functional groups attached to an aromatic ring is 1. The number of pyridine rings is 1. The average Bonchev–Trinajstić information content (AvgIpc) is 2.74. The lowest BCUT2D eigenvalue weighted by atomic mass is 10.2. The zero-order valence-corrected chi connectivity index (χ0v) is 9.36. The van der Waals surface area contributed by atoms with Crippen LogP contribution in [0, 0.1) is 18.3 Å². The van der Waals surface area contributed by atoms with Gasteiger partial charge in [0.15, 0.2) is 5.69 Å². The predicted molar refractivity (Wildman–Crippen MR) is 64.0 cm³/mol. The van der Waals surface area contributed by atoms with Crippen LogP contribution in [0.1, 0.15) is 17.0 Å². The van der Waals surface area contributed by atoms with Gasteiger partial charge < -0.3 is 11.1 Å². The standard InChI is InChI=1S/C11H12N6/c1-7-8(6-15-17-7)5-14-11-3-2-9(13)10(4-12)16-11/h2-3,6H,5,13H2,1H3,(H,14,16)(H,15,17). The van der Waals surface area contributed by atoms with Crippen molar-refractivity contribution in [1.82, 2.24) is 15.2 Å². The van der Waals surface area contributed by atoms with E-state index < -0.39 is 0 Å². The van der Waals surface area contributed by atoms with Crippen LogP contribution in [0.25, 0.3) is 0 Å². The Morgan fingerprint density at radius 2 is 2.35 bits per heavy atom. The summed E-state index contributed by atoms with van der Waals surface area (Å²) in [7, 11) is 0. The van der Waals surface area contributed by atoms with Crippen LogP contribution in [0.3, 0.4) is 0 Å². The van der Waals surface area contributed by atoms with E-state index in [1.807, 2.05) is 13.0 Å². The molecule has 0 atom stereocenters. The molecule has 0 radical (unpaired) electrons. The summed E-state index contributed by atoms with van der Waals surface area (Å²) in [5.41, 5.74) is 8.27. The van der Waals surface area contributed by atoms with Crippen LogP contribution in [0.2, 0.25) is 0 Å². The molecule has 0 saturated heterocycles. The number of nitrogens with zero attached hydrogens (tertiary/aromatic N) is 3. The fourth-order valence-electron chi connectivity index (χ4n) is 1.40. The molecule has 6 heteroatoms. The predicted octanol–water partition coefficient (Wildman–Crippen LogP) is 1.18. The van der Waals surface area contributed by atoms with Gasteiger partial charge in [-0.05, 0) is 19.1 Å². The molecule has 0 saturated carbocycles. The van der Waals surface area contributed by atoms with Crippen molar-refractivity contribution in [1.29, 1.82) is 5.26 Å². The molecule has 2 heterocycles. The molecule has 17 heavy (non-hydrogen) atoms. The first-order chi connectivity index (χ1) is 8.20. The minimum absolute atomic E-state index is 0.235. The van der Waals surface area contributed by atoms with E-state index in [9.17, 15) is 0 Å². The highest BCUT2D eigenvalue weighted by Gasteiger charge is 2.03. The molecule has 2 rings (SSSR count). The zero-order chi connectivity index (χ0) is 12.3. The smallest absolute Gasteiger partial charge is 0.165 e. The highest BCUT2D eigenvalue weighted by atomic mass is 15.1. The summed E-state index contributed by atoms with van der Waals surface area (Å²) >= 11 is 0. The van der Waals surface area contributed by atoms with Crippen molar-refractivity contribution in [2.24, 2.45) is 0 Å². The molecule has 2 aromatic rings. The maximum Gasteiger partial charge on any atom is 0.165 e. The van der Waals surface area contributed by atoms with Gasteiger partial charge in [-0.2, -0.15) is 10.4 Å². The number of aryl methyl sites for hydroxylation is 1. The molecule has 6 nitrogen and oxygen atoms in total. The number of rotatable bonds is 3. The zero-order valence-electron chi connectivity index (χ0n) is 9.36. The Morgan fingerprint density at radius 3 is 3.00 bits per heavy atom. The summed E-state index contributed by atoms with van der Waals surface area (Å²) in [5.74, 6) is 0.622. The first kappa shape index (κ1) is 11.0. The van der Waals surface area contributed by atoms with Crippen LogP contribution in [0.5, 0.6) is 0 Å². The second kappa shape index (κ2) is 4.53. The van der Waals surface area contributed by atoms with Gasteiger partial charge in [0.05, 0.1) is 11.9 Å². The van der Waals surface area contributed by atoms with E-state index in [1.165, 1.54) is 0 Å². The summed E-state index contributed by atoms with van der Waals surface area (Å²) in [6, 6.07) is 5.35. The van der Waals surface area contributed by atoms with E-state index in [4.69, 9.17) is 11.0 Å². The van der Waals surface area contributed by atoms with E-state index in [2.05, 4.69) is 20.5 Å². The van der Waals surface area contributed by atoms with Crippen LogP contribution in [0.15, 0.2) is 18.3 Å². The third-order valence-electron chi connectivity index (χ3n) is 2.43. The number of anilines is 2. The van der Waals surface area contributed by atoms with Crippen molar-refractivity contribution in [3.8, 4) is 6.07 Å². The Labute approximate surface area is 98.5 Å². The summed E-state index contributed by atoms with van der Waals surface area (Å²) in [6.07, 6.45) is 1.75. The summed E-state index contributed by atoms with van der Waals surface area (Å²) in [5, 5.41) is 18.7. The lowest BCUT2D eigenvalue weighted by Gasteiger charge is -2.05. The molecule has 4 N–H and O–H groups in total. The summed E-state index contributed by atoms with van der Waals surface area (Å²) < 4.78 is 0. The fraction of sp³-hybridized carbons (Fsp3) is 0.182. The Hall–Kier alpha value is -2.55. The third kappa shape index (κ3) is 2.34. The molecule has 0 aliphatic rings. The maximum absolute atomic E-state index is 8.80. The monoisotopic (exact) mass is 228 g/mol.